The second kappa shape index (κ2) is 4.69. The van der Waals surface area contributed by atoms with E-state index in [-0.39, 0.29) is 0 Å². The molecule has 18 heavy (non-hydrogen) atoms. The lowest BCUT2D eigenvalue weighted by molar-refractivity contribution is 1.09. The fraction of sp³-hybridized carbons (Fsp3) is 0.267. The van der Waals surface area contributed by atoms with E-state index in [1.807, 2.05) is 20.0 Å². The van der Waals surface area contributed by atoms with Crippen molar-refractivity contribution in [2.24, 2.45) is 0 Å². The highest BCUT2D eigenvalue weighted by atomic mass is 15.2. The Morgan fingerprint density at radius 3 is 2.44 bits per heavy atom. The van der Waals surface area contributed by atoms with Crippen LogP contribution in [0.1, 0.15) is 16.7 Å². The minimum Gasteiger partial charge on any atom is -0.397 e. The molecule has 0 amide bonds. The average Bonchev–Trinajstić information content (AvgIpc) is 2.31. The Bertz CT molecular complexity index is 576. The van der Waals surface area contributed by atoms with Crippen LogP contribution in [0.2, 0.25) is 0 Å². The number of aromatic nitrogens is 1. The Balaban J connectivity index is 2.47. The maximum Gasteiger partial charge on any atom is 0.135 e. The van der Waals surface area contributed by atoms with E-state index >= 15 is 0 Å². The summed E-state index contributed by atoms with van der Waals surface area (Å²) in [5.74, 6) is 0.943. The molecule has 2 aromatic rings. The van der Waals surface area contributed by atoms with Crippen LogP contribution in [0.15, 0.2) is 30.5 Å². The van der Waals surface area contributed by atoms with Gasteiger partial charge in [-0.05, 0) is 49.6 Å². The molecule has 0 atom stereocenters. The minimum atomic E-state index is 0.700. The Kier molecular flexibility index (Phi) is 3.24. The quantitative estimate of drug-likeness (QED) is 0.876. The van der Waals surface area contributed by atoms with Crippen LogP contribution in [0.5, 0.6) is 0 Å². The molecule has 0 saturated carbocycles. The highest BCUT2D eigenvalue weighted by Gasteiger charge is 2.11. The summed E-state index contributed by atoms with van der Waals surface area (Å²) >= 11 is 0. The van der Waals surface area contributed by atoms with E-state index in [4.69, 9.17) is 5.73 Å². The van der Waals surface area contributed by atoms with E-state index in [1.54, 1.807) is 6.20 Å². The second-order valence-electron chi connectivity index (χ2n) is 4.76. The van der Waals surface area contributed by atoms with E-state index in [0.29, 0.717) is 5.69 Å². The van der Waals surface area contributed by atoms with E-state index in [2.05, 4.69) is 41.9 Å². The van der Waals surface area contributed by atoms with Gasteiger partial charge in [-0.2, -0.15) is 0 Å². The van der Waals surface area contributed by atoms with E-state index < -0.39 is 0 Å². The third-order valence-electron chi connectivity index (χ3n) is 3.12. The molecule has 0 saturated heterocycles. The van der Waals surface area contributed by atoms with Crippen molar-refractivity contribution >= 4 is 17.2 Å². The van der Waals surface area contributed by atoms with Crippen LogP contribution in [0, 0.1) is 20.8 Å². The number of hydrogen-bond donors (Lipinski definition) is 1. The number of nitrogen functional groups attached to an aromatic ring is 1. The monoisotopic (exact) mass is 241 g/mol. The molecule has 0 fully saturated rings. The van der Waals surface area contributed by atoms with Crippen LogP contribution in [-0.4, -0.2) is 12.0 Å². The van der Waals surface area contributed by atoms with Crippen molar-refractivity contribution < 1.29 is 0 Å². The van der Waals surface area contributed by atoms with Gasteiger partial charge >= 0.3 is 0 Å². The smallest absolute Gasteiger partial charge is 0.135 e. The summed E-state index contributed by atoms with van der Waals surface area (Å²) in [6, 6.07) is 8.38. The van der Waals surface area contributed by atoms with Gasteiger partial charge in [-0.15, -0.1) is 0 Å². The van der Waals surface area contributed by atoms with Crippen LogP contribution >= 0.6 is 0 Å². The standard InChI is InChI=1S/C15H19N3/c1-10-5-6-11(2)14(7-10)18(4)15-12(3)8-13(16)9-17-15/h5-9H,16H2,1-4H3. The topological polar surface area (TPSA) is 42.2 Å². The van der Waals surface area contributed by atoms with Crippen LogP contribution in [0.25, 0.3) is 0 Å². The van der Waals surface area contributed by atoms with Crippen molar-refractivity contribution in [2.45, 2.75) is 20.8 Å². The lowest BCUT2D eigenvalue weighted by atomic mass is 10.1. The average molecular weight is 241 g/mol. The predicted octanol–water partition coefficient (Wildman–Crippen LogP) is 3.36. The van der Waals surface area contributed by atoms with Crippen molar-refractivity contribution in [3.63, 3.8) is 0 Å². The Hall–Kier alpha value is -2.03. The van der Waals surface area contributed by atoms with Gasteiger partial charge < -0.3 is 10.6 Å². The second-order valence-corrected chi connectivity index (χ2v) is 4.76. The molecule has 0 radical (unpaired) electrons. The molecule has 0 unspecified atom stereocenters. The number of pyridine rings is 1. The summed E-state index contributed by atoms with van der Waals surface area (Å²) in [4.78, 5) is 6.53. The summed E-state index contributed by atoms with van der Waals surface area (Å²) in [5, 5.41) is 0. The Morgan fingerprint density at radius 1 is 1.06 bits per heavy atom. The first-order valence-corrected chi connectivity index (χ1v) is 6.02. The van der Waals surface area contributed by atoms with Crippen LogP contribution < -0.4 is 10.6 Å². The zero-order chi connectivity index (χ0) is 13.3. The molecule has 0 aliphatic heterocycles. The lowest BCUT2D eigenvalue weighted by Crippen LogP contribution is -2.14. The molecule has 94 valence electrons. The number of hydrogen-bond acceptors (Lipinski definition) is 3. The van der Waals surface area contributed by atoms with Gasteiger partial charge in [0, 0.05) is 12.7 Å². The molecule has 1 heterocycles. The van der Waals surface area contributed by atoms with Gasteiger partial charge in [-0.1, -0.05) is 12.1 Å². The van der Waals surface area contributed by atoms with Gasteiger partial charge in [0.05, 0.1) is 11.9 Å². The van der Waals surface area contributed by atoms with Crippen molar-refractivity contribution in [3.8, 4) is 0 Å². The molecule has 0 bridgehead atoms. The van der Waals surface area contributed by atoms with E-state index in [9.17, 15) is 0 Å². The van der Waals surface area contributed by atoms with Crippen LogP contribution in [0.3, 0.4) is 0 Å². The zero-order valence-corrected chi connectivity index (χ0v) is 11.4. The van der Waals surface area contributed by atoms with Gasteiger partial charge in [0.15, 0.2) is 0 Å². The van der Waals surface area contributed by atoms with Gasteiger partial charge in [0.25, 0.3) is 0 Å². The number of nitrogens with two attached hydrogens (primary N) is 1. The number of nitrogens with zero attached hydrogens (tertiary/aromatic N) is 2. The normalized spacial score (nSPS) is 10.4. The molecule has 0 aliphatic rings. The maximum atomic E-state index is 5.74. The predicted molar refractivity (Wildman–Crippen MR) is 77.4 cm³/mol. The molecule has 3 heteroatoms. The van der Waals surface area contributed by atoms with E-state index in [1.165, 1.54) is 16.8 Å². The third kappa shape index (κ3) is 2.30. The SMILES string of the molecule is Cc1ccc(C)c(N(C)c2ncc(N)cc2C)c1. The Morgan fingerprint density at radius 2 is 1.78 bits per heavy atom. The molecule has 1 aromatic heterocycles. The van der Waals surface area contributed by atoms with Gasteiger partial charge in [-0.25, -0.2) is 4.98 Å². The zero-order valence-electron chi connectivity index (χ0n) is 11.4. The maximum absolute atomic E-state index is 5.74. The molecular weight excluding hydrogens is 222 g/mol. The highest BCUT2D eigenvalue weighted by Crippen LogP contribution is 2.28. The van der Waals surface area contributed by atoms with E-state index in [0.717, 1.165) is 11.4 Å². The first-order valence-electron chi connectivity index (χ1n) is 6.02. The molecule has 3 nitrogen and oxygen atoms in total. The molecule has 1 aromatic carbocycles. The fourth-order valence-corrected chi connectivity index (χ4v) is 2.14. The summed E-state index contributed by atoms with van der Waals surface area (Å²) in [6.07, 6.45) is 1.70. The largest absolute Gasteiger partial charge is 0.397 e. The van der Waals surface area contributed by atoms with Gasteiger partial charge in [0.1, 0.15) is 5.82 Å². The van der Waals surface area contributed by atoms with Gasteiger partial charge in [-0.3, -0.25) is 0 Å². The molecule has 0 aliphatic carbocycles. The Labute approximate surface area is 108 Å². The summed E-state index contributed by atoms with van der Waals surface area (Å²) in [5.41, 5.74) is 11.2. The molecule has 0 spiro atoms. The van der Waals surface area contributed by atoms with Crippen LogP contribution in [-0.2, 0) is 0 Å². The molecule has 2 N–H and O–H groups in total. The number of anilines is 3. The minimum absolute atomic E-state index is 0.700. The van der Waals surface area contributed by atoms with Crippen LogP contribution in [0.4, 0.5) is 17.2 Å². The van der Waals surface area contributed by atoms with Crippen molar-refractivity contribution in [1.82, 2.24) is 4.98 Å². The molecular formula is C15H19N3. The van der Waals surface area contributed by atoms with Crippen molar-refractivity contribution in [1.29, 1.82) is 0 Å². The van der Waals surface area contributed by atoms with Crippen molar-refractivity contribution in [3.05, 3.63) is 47.2 Å². The van der Waals surface area contributed by atoms with Gasteiger partial charge in [0.2, 0.25) is 0 Å². The van der Waals surface area contributed by atoms with Crippen molar-refractivity contribution in [2.75, 3.05) is 17.7 Å². The first kappa shape index (κ1) is 12.4. The lowest BCUT2D eigenvalue weighted by Gasteiger charge is -2.22. The molecule has 2 rings (SSSR count). The summed E-state index contributed by atoms with van der Waals surface area (Å²) in [6.45, 7) is 6.23. The summed E-state index contributed by atoms with van der Waals surface area (Å²) in [7, 11) is 2.04. The third-order valence-corrected chi connectivity index (χ3v) is 3.12. The summed E-state index contributed by atoms with van der Waals surface area (Å²) < 4.78 is 0. The highest BCUT2D eigenvalue weighted by molar-refractivity contribution is 5.67. The number of aryl methyl sites for hydroxylation is 3. The first-order chi connectivity index (χ1) is 8.49. The number of benzene rings is 1. The fourth-order valence-electron chi connectivity index (χ4n) is 2.14. The number of rotatable bonds is 2.